The molecule has 0 radical (unpaired) electrons. The molecular weight excluding hydrogens is 361 g/mol. The Kier molecular flexibility index (Phi) is 5.72. The van der Waals surface area contributed by atoms with Crippen molar-refractivity contribution in [1.29, 1.82) is 0 Å². The molecule has 140 valence electrons. The fraction of sp³-hybridized carbons (Fsp3) is 0.667. The Labute approximate surface area is 146 Å². The normalized spacial score (nSPS) is 23.7. The Morgan fingerprint density at radius 1 is 1.32 bits per heavy atom. The van der Waals surface area contributed by atoms with Crippen LogP contribution < -0.4 is 5.32 Å². The van der Waals surface area contributed by atoms with E-state index in [0.29, 0.717) is 42.7 Å². The number of aromatic nitrogens is 1. The van der Waals surface area contributed by atoms with Crippen molar-refractivity contribution in [2.75, 3.05) is 0 Å². The predicted molar refractivity (Wildman–Crippen MR) is 82.9 cm³/mol. The number of aliphatic carboxylic acids is 1. The molecule has 1 fully saturated rings. The number of hydrogen-bond donors (Lipinski definition) is 3. The van der Waals surface area contributed by atoms with Gasteiger partial charge in [0.15, 0.2) is 0 Å². The molecule has 1 amide bonds. The molecule has 1 aliphatic carbocycles. The molecule has 3 N–H and O–H groups in total. The number of carboxylic acids is 1. The van der Waals surface area contributed by atoms with Crippen LogP contribution in [0.4, 0.5) is 13.2 Å². The zero-order valence-electron chi connectivity index (χ0n) is 13.5. The summed E-state index contributed by atoms with van der Waals surface area (Å²) in [5.74, 6) is -2.33. The quantitative estimate of drug-likeness (QED) is 0.728. The molecule has 0 aliphatic heterocycles. The number of halogens is 3. The lowest BCUT2D eigenvalue weighted by Crippen LogP contribution is -2.48. The molecule has 2 rings (SSSR count). The molecule has 1 aromatic heterocycles. The Balaban J connectivity index is 2.03. The smallest absolute Gasteiger partial charge is 0.424 e. The van der Waals surface area contributed by atoms with Gasteiger partial charge in [0.05, 0.1) is 12.3 Å². The Morgan fingerprint density at radius 2 is 1.92 bits per heavy atom. The maximum absolute atomic E-state index is 13.3. The monoisotopic (exact) mass is 380 g/mol. The van der Waals surface area contributed by atoms with Crippen molar-refractivity contribution in [2.24, 2.45) is 5.92 Å². The third-order valence-corrected chi connectivity index (χ3v) is 5.41. The Morgan fingerprint density at radius 3 is 2.36 bits per heavy atom. The largest absolute Gasteiger partial charge is 0.481 e. The molecule has 0 saturated heterocycles. The molecule has 1 aliphatic rings. The van der Waals surface area contributed by atoms with Crippen LogP contribution in [0, 0.1) is 12.8 Å². The van der Waals surface area contributed by atoms with E-state index in [1.54, 1.807) is 0 Å². The number of nitrogens with one attached hydrogen (secondary N) is 1. The van der Waals surface area contributed by atoms with Gasteiger partial charge in [-0.2, -0.15) is 13.2 Å². The SMILES string of the molecule is Cc1csc(C(O)(CC(=O)NC2CCC(C(=O)O)CC2)C(F)(F)F)n1. The number of hydrogen-bond acceptors (Lipinski definition) is 5. The summed E-state index contributed by atoms with van der Waals surface area (Å²) in [4.78, 5) is 26.6. The van der Waals surface area contributed by atoms with E-state index in [9.17, 15) is 27.9 Å². The van der Waals surface area contributed by atoms with Crippen LogP contribution in [-0.2, 0) is 15.2 Å². The first kappa shape index (κ1) is 19.6. The summed E-state index contributed by atoms with van der Waals surface area (Å²) >= 11 is 0.649. The number of carbonyl (C=O) groups is 2. The number of aryl methyl sites for hydroxylation is 1. The minimum Gasteiger partial charge on any atom is -0.481 e. The topological polar surface area (TPSA) is 99.5 Å². The molecule has 1 heterocycles. The molecule has 1 aromatic rings. The summed E-state index contributed by atoms with van der Waals surface area (Å²) in [6.07, 6.45) is -4.75. The zero-order chi connectivity index (χ0) is 18.8. The third kappa shape index (κ3) is 4.49. The molecule has 0 aromatic carbocycles. The molecular formula is C15H19F3N2O4S. The van der Waals surface area contributed by atoms with E-state index < -0.39 is 47.0 Å². The maximum Gasteiger partial charge on any atom is 0.424 e. The number of nitrogens with zero attached hydrogens (tertiary/aromatic N) is 1. The molecule has 1 atom stereocenters. The van der Waals surface area contributed by atoms with Gasteiger partial charge in [0.1, 0.15) is 5.01 Å². The highest BCUT2D eigenvalue weighted by molar-refractivity contribution is 7.09. The van der Waals surface area contributed by atoms with Crippen molar-refractivity contribution in [3.8, 4) is 0 Å². The van der Waals surface area contributed by atoms with Gasteiger partial charge >= 0.3 is 12.1 Å². The van der Waals surface area contributed by atoms with Crippen molar-refractivity contribution in [3.63, 3.8) is 0 Å². The van der Waals surface area contributed by atoms with E-state index in [2.05, 4.69) is 10.3 Å². The van der Waals surface area contributed by atoms with Gasteiger partial charge in [-0.3, -0.25) is 9.59 Å². The Hall–Kier alpha value is -1.68. The van der Waals surface area contributed by atoms with Gasteiger partial charge in [0, 0.05) is 17.1 Å². The molecule has 1 saturated carbocycles. The van der Waals surface area contributed by atoms with Crippen LogP contribution in [-0.4, -0.2) is 39.3 Å². The van der Waals surface area contributed by atoms with Crippen LogP contribution in [0.1, 0.15) is 42.8 Å². The average molecular weight is 380 g/mol. The highest BCUT2D eigenvalue weighted by Crippen LogP contribution is 2.42. The van der Waals surface area contributed by atoms with Gasteiger partial charge in [-0.05, 0) is 32.6 Å². The molecule has 0 spiro atoms. The van der Waals surface area contributed by atoms with Crippen LogP contribution in [0.2, 0.25) is 0 Å². The van der Waals surface area contributed by atoms with E-state index in [-0.39, 0.29) is 0 Å². The van der Waals surface area contributed by atoms with Crippen molar-refractivity contribution >= 4 is 23.2 Å². The maximum atomic E-state index is 13.3. The van der Waals surface area contributed by atoms with Crippen LogP contribution >= 0.6 is 11.3 Å². The van der Waals surface area contributed by atoms with E-state index in [0.717, 1.165) is 0 Å². The summed E-state index contributed by atoms with van der Waals surface area (Å²) in [5.41, 5.74) is -3.01. The summed E-state index contributed by atoms with van der Waals surface area (Å²) in [6.45, 7) is 1.50. The molecule has 6 nitrogen and oxygen atoms in total. The van der Waals surface area contributed by atoms with Crippen molar-refractivity contribution in [1.82, 2.24) is 10.3 Å². The fourth-order valence-corrected chi connectivity index (χ4v) is 3.75. The van der Waals surface area contributed by atoms with Crippen molar-refractivity contribution in [2.45, 2.75) is 56.8 Å². The van der Waals surface area contributed by atoms with Crippen LogP contribution in [0.15, 0.2) is 5.38 Å². The predicted octanol–water partition coefficient (Wildman–Crippen LogP) is 2.35. The number of aliphatic hydroxyl groups is 1. The fourth-order valence-electron chi connectivity index (χ4n) is 2.84. The van der Waals surface area contributed by atoms with Crippen molar-refractivity contribution in [3.05, 3.63) is 16.1 Å². The number of carboxylic acid groups (broad SMARTS) is 1. The first-order valence-electron chi connectivity index (χ1n) is 7.77. The summed E-state index contributed by atoms with van der Waals surface area (Å²) < 4.78 is 40.0. The minimum absolute atomic E-state index is 0.329. The van der Waals surface area contributed by atoms with Gasteiger partial charge in [0.25, 0.3) is 0 Å². The summed E-state index contributed by atoms with van der Waals surface area (Å²) in [6, 6.07) is -0.390. The zero-order valence-corrected chi connectivity index (χ0v) is 14.3. The second-order valence-corrected chi connectivity index (χ2v) is 7.14. The van der Waals surface area contributed by atoms with Crippen molar-refractivity contribution < 1.29 is 33.0 Å². The second-order valence-electron chi connectivity index (χ2n) is 6.28. The molecule has 0 bridgehead atoms. The van der Waals surface area contributed by atoms with Crippen LogP contribution in [0.25, 0.3) is 0 Å². The van der Waals surface area contributed by atoms with E-state index in [4.69, 9.17) is 5.11 Å². The van der Waals surface area contributed by atoms with E-state index in [1.807, 2.05) is 0 Å². The highest BCUT2D eigenvalue weighted by Gasteiger charge is 2.58. The lowest BCUT2D eigenvalue weighted by molar-refractivity contribution is -0.267. The number of carbonyl (C=O) groups excluding carboxylic acids is 1. The second kappa shape index (κ2) is 7.28. The first-order chi connectivity index (χ1) is 11.5. The van der Waals surface area contributed by atoms with Crippen LogP contribution in [0.3, 0.4) is 0 Å². The van der Waals surface area contributed by atoms with Gasteiger partial charge in [-0.25, -0.2) is 4.98 Å². The van der Waals surface area contributed by atoms with Gasteiger partial charge in [-0.1, -0.05) is 0 Å². The lowest BCUT2D eigenvalue weighted by atomic mass is 9.86. The standard InChI is InChI=1S/C15H19F3N2O4S/c1-8-7-25-13(19-8)14(24,15(16,17)18)6-11(21)20-10-4-2-9(3-5-10)12(22)23/h7,9-10,24H,2-6H2,1H3,(H,20,21)(H,22,23). The van der Waals surface area contributed by atoms with Gasteiger partial charge in [0.2, 0.25) is 11.5 Å². The summed E-state index contributed by atoms with van der Waals surface area (Å²) in [7, 11) is 0. The number of amides is 1. The lowest BCUT2D eigenvalue weighted by Gasteiger charge is -2.30. The van der Waals surface area contributed by atoms with E-state index >= 15 is 0 Å². The molecule has 25 heavy (non-hydrogen) atoms. The minimum atomic E-state index is -5.05. The van der Waals surface area contributed by atoms with E-state index in [1.165, 1.54) is 12.3 Å². The average Bonchev–Trinajstić information content (AvgIpc) is 2.93. The summed E-state index contributed by atoms with van der Waals surface area (Å²) in [5, 5.41) is 22.3. The highest BCUT2D eigenvalue weighted by atomic mass is 32.1. The first-order valence-corrected chi connectivity index (χ1v) is 8.65. The molecule has 1 unspecified atom stereocenters. The molecule has 10 heteroatoms. The van der Waals surface area contributed by atoms with Gasteiger partial charge in [-0.15, -0.1) is 11.3 Å². The van der Waals surface area contributed by atoms with Crippen LogP contribution in [0.5, 0.6) is 0 Å². The number of thiazole rings is 1. The van der Waals surface area contributed by atoms with Gasteiger partial charge < -0.3 is 15.5 Å². The third-order valence-electron chi connectivity index (χ3n) is 4.30. The number of alkyl halides is 3. The number of rotatable bonds is 5. The Bertz CT molecular complexity index is 641.